The standard InChI is InChI=1S/C23H28N2O9/c1-12(26)30-11-19-21(31-13(2)27)23(33-15(4)29)22(32-14(3)28)20(34-19)18-9-16(10-25-18)8-17-6-5-7-24-17/h5-7,9-10,19-25H,8,11H2,1-4H3/t19-,20+,21-,22+,23+/m1/s1. The molecule has 0 radical (unpaired) electrons. The number of esters is 4. The normalized spacial score (nSPS) is 24.2. The molecule has 2 aromatic rings. The van der Waals surface area contributed by atoms with Crippen molar-refractivity contribution in [3.63, 3.8) is 0 Å². The summed E-state index contributed by atoms with van der Waals surface area (Å²) in [6, 6.07) is 5.67. The highest BCUT2D eigenvalue weighted by atomic mass is 16.7. The number of hydrogen-bond acceptors (Lipinski definition) is 9. The van der Waals surface area contributed by atoms with Crippen molar-refractivity contribution >= 4 is 23.9 Å². The Bertz CT molecular complexity index is 1010. The number of rotatable bonds is 8. The number of carbonyl (C=O) groups excluding carboxylic acids is 4. The summed E-state index contributed by atoms with van der Waals surface area (Å²) >= 11 is 0. The fourth-order valence-corrected chi connectivity index (χ4v) is 3.90. The van der Waals surface area contributed by atoms with Crippen LogP contribution in [0.3, 0.4) is 0 Å². The Kier molecular flexibility index (Phi) is 8.11. The van der Waals surface area contributed by atoms with Crippen LogP contribution in [0.4, 0.5) is 0 Å². The molecule has 34 heavy (non-hydrogen) atoms. The molecule has 1 saturated heterocycles. The van der Waals surface area contributed by atoms with Crippen molar-refractivity contribution in [2.45, 2.75) is 64.6 Å². The predicted molar refractivity (Wildman–Crippen MR) is 115 cm³/mol. The van der Waals surface area contributed by atoms with E-state index in [1.807, 2.05) is 24.4 Å². The lowest BCUT2D eigenvalue weighted by Gasteiger charge is -2.44. The van der Waals surface area contributed by atoms with Crippen LogP contribution in [0.2, 0.25) is 0 Å². The van der Waals surface area contributed by atoms with Crippen LogP contribution in [0.15, 0.2) is 30.6 Å². The Labute approximate surface area is 196 Å². The van der Waals surface area contributed by atoms with Crippen molar-refractivity contribution in [3.05, 3.63) is 47.5 Å². The maximum atomic E-state index is 12.0. The summed E-state index contributed by atoms with van der Waals surface area (Å²) in [5, 5.41) is 0. The molecule has 1 aliphatic rings. The highest BCUT2D eigenvalue weighted by Crippen LogP contribution is 2.37. The third-order valence-corrected chi connectivity index (χ3v) is 5.12. The van der Waals surface area contributed by atoms with Crippen molar-refractivity contribution in [2.75, 3.05) is 6.61 Å². The van der Waals surface area contributed by atoms with E-state index in [9.17, 15) is 19.2 Å². The molecule has 2 aromatic heterocycles. The van der Waals surface area contributed by atoms with Crippen LogP contribution in [-0.2, 0) is 49.3 Å². The van der Waals surface area contributed by atoms with Crippen molar-refractivity contribution in [1.29, 1.82) is 0 Å². The first kappa shape index (κ1) is 25.0. The zero-order valence-corrected chi connectivity index (χ0v) is 19.4. The van der Waals surface area contributed by atoms with E-state index < -0.39 is 54.4 Å². The smallest absolute Gasteiger partial charge is 0.303 e. The SMILES string of the molecule is CC(=O)OC[C@H]1O[C@@H](c2cc(Cc3ccc[nH]3)c[nH]2)[C@H](OC(C)=O)[C@@H](OC(C)=O)[C@@H]1OC(C)=O. The number of ether oxygens (including phenoxy) is 5. The molecule has 0 amide bonds. The van der Waals surface area contributed by atoms with Crippen molar-refractivity contribution in [1.82, 2.24) is 9.97 Å². The van der Waals surface area contributed by atoms with Gasteiger partial charge in [0.2, 0.25) is 0 Å². The first-order valence-electron chi connectivity index (χ1n) is 10.7. The average Bonchev–Trinajstić information content (AvgIpc) is 3.41. The number of aromatic nitrogens is 2. The Morgan fingerprint density at radius 1 is 0.882 bits per heavy atom. The molecule has 0 aliphatic carbocycles. The van der Waals surface area contributed by atoms with Gasteiger partial charge in [0.25, 0.3) is 0 Å². The molecule has 0 unspecified atom stereocenters. The molecule has 5 atom stereocenters. The van der Waals surface area contributed by atoms with Crippen molar-refractivity contribution in [3.8, 4) is 0 Å². The summed E-state index contributed by atoms with van der Waals surface area (Å²) in [4.78, 5) is 53.4. The van der Waals surface area contributed by atoms with Crippen LogP contribution in [0.1, 0.15) is 50.8 Å². The second-order valence-electron chi connectivity index (χ2n) is 7.96. The zero-order chi connectivity index (χ0) is 24.8. The van der Waals surface area contributed by atoms with E-state index in [0.717, 1.165) is 11.3 Å². The quantitative estimate of drug-likeness (QED) is 0.429. The maximum Gasteiger partial charge on any atom is 0.303 e. The topological polar surface area (TPSA) is 146 Å². The van der Waals surface area contributed by atoms with Gasteiger partial charge in [-0.3, -0.25) is 19.2 Å². The van der Waals surface area contributed by atoms with Crippen LogP contribution in [-0.4, -0.2) is 64.9 Å². The number of carbonyl (C=O) groups is 4. The molecular formula is C23H28N2O9. The fourth-order valence-electron chi connectivity index (χ4n) is 3.90. The number of H-pyrrole nitrogens is 2. The predicted octanol–water partition coefficient (Wildman–Crippen LogP) is 1.73. The second kappa shape index (κ2) is 11.0. The van der Waals surface area contributed by atoms with E-state index >= 15 is 0 Å². The van der Waals surface area contributed by atoms with Gasteiger partial charge in [0.1, 0.15) is 18.8 Å². The van der Waals surface area contributed by atoms with Gasteiger partial charge >= 0.3 is 23.9 Å². The first-order chi connectivity index (χ1) is 16.1. The molecule has 2 N–H and O–H groups in total. The minimum atomic E-state index is -1.21. The van der Waals surface area contributed by atoms with Crippen molar-refractivity contribution in [2.24, 2.45) is 0 Å². The number of aromatic amines is 2. The molecule has 0 saturated carbocycles. The van der Waals surface area contributed by atoms with E-state index in [4.69, 9.17) is 23.7 Å². The highest BCUT2D eigenvalue weighted by molar-refractivity contribution is 5.68. The summed E-state index contributed by atoms with van der Waals surface area (Å²) in [7, 11) is 0. The summed E-state index contributed by atoms with van der Waals surface area (Å²) in [5.41, 5.74) is 2.46. The Balaban J connectivity index is 1.98. The summed E-state index contributed by atoms with van der Waals surface area (Å²) < 4.78 is 27.6. The minimum Gasteiger partial charge on any atom is -0.463 e. The highest BCUT2D eigenvalue weighted by Gasteiger charge is 2.52. The van der Waals surface area contributed by atoms with Crippen LogP contribution in [0, 0.1) is 0 Å². The first-order valence-corrected chi connectivity index (χ1v) is 10.7. The van der Waals surface area contributed by atoms with Crippen LogP contribution in [0.5, 0.6) is 0 Å². The minimum absolute atomic E-state index is 0.273. The molecule has 184 valence electrons. The largest absolute Gasteiger partial charge is 0.463 e. The van der Waals surface area contributed by atoms with E-state index in [0.29, 0.717) is 12.1 Å². The van der Waals surface area contributed by atoms with E-state index in [1.54, 1.807) is 6.20 Å². The summed E-state index contributed by atoms with van der Waals surface area (Å²) in [6.07, 6.45) is -1.26. The Morgan fingerprint density at radius 3 is 2.12 bits per heavy atom. The van der Waals surface area contributed by atoms with Crippen LogP contribution < -0.4 is 0 Å². The van der Waals surface area contributed by atoms with Gasteiger partial charge in [-0.15, -0.1) is 0 Å². The maximum absolute atomic E-state index is 12.0. The van der Waals surface area contributed by atoms with Gasteiger partial charge < -0.3 is 33.7 Å². The molecule has 3 heterocycles. The molecule has 0 bridgehead atoms. The molecule has 0 aromatic carbocycles. The molecule has 1 fully saturated rings. The third-order valence-electron chi connectivity index (χ3n) is 5.12. The number of hydrogen-bond donors (Lipinski definition) is 2. The second-order valence-corrected chi connectivity index (χ2v) is 7.96. The Hall–Kier alpha value is -3.60. The lowest BCUT2D eigenvalue weighted by atomic mass is 9.92. The molecule has 3 rings (SSSR count). The molecule has 11 nitrogen and oxygen atoms in total. The fraction of sp³-hybridized carbons (Fsp3) is 0.478. The van der Waals surface area contributed by atoms with Gasteiger partial charge in [-0.1, -0.05) is 0 Å². The average molecular weight is 476 g/mol. The van der Waals surface area contributed by atoms with E-state index in [-0.39, 0.29) is 6.61 Å². The summed E-state index contributed by atoms with van der Waals surface area (Å²) in [6.45, 7) is 4.52. The molecular weight excluding hydrogens is 448 g/mol. The summed E-state index contributed by atoms with van der Waals surface area (Å²) in [5.74, 6) is -2.56. The van der Waals surface area contributed by atoms with Crippen molar-refractivity contribution < 1.29 is 42.9 Å². The molecule has 11 heteroatoms. The molecule has 1 aliphatic heterocycles. The third kappa shape index (κ3) is 6.47. The monoisotopic (exact) mass is 476 g/mol. The zero-order valence-electron chi connectivity index (χ0n) is 19.4. The lowest BCUT2D eigenvalue weighted by molar-refractivity contribution is -0.255. The lowest BCUT2D eigenvalue weighted by Crippen LogP contribution is -2.59. The van der Waals surface area contributed by atoms with Gasteiger partial charge in [-0.2, -0.15) is 0 Å². The van der Waals surface area contributed by atoms with Crippen LogP contribution >= 0.6 is 0 Å². The van der Waals surface area contributed by atoms with Gasteiger partial charge in [-0.05, 0) is 23.8 Å². The molecule has 0 spiro atoms. The van der Waals surface area contributed by atoms with Gasteiger partial charge in [0, 0.05) is 57.9 Å². The number of nitrogens with one attached hydrogen (secondary N) is 2. The van der Waals surface area contributed by atoms with E-state index in [1.165, 1.54) is 27.7 Å². The van der Waals surface area contributed by atoms with Gasteiger partial charge in [0.05, 0.1) is 0 Å². The van der Waals surface area contributed by atoms with Gasteiger partial charge in [-0.25, -0.2) is 0 Å². The Morgan fingerprint density at radius 2 is 1.53 bits per heavy atom. The van der Waals surface area contributed by atoms with E-state index in [2.05, 4.69) is 9.97 Å². The van der Waals surface area contributed by atoms with Crippen LogP contribution in [0.25, 0.3) is 0 Å². The van der Waals surface area contributed by atoms with Gasteiger partial charge in [0.15, 0.2) is 18.3 Å².